The number of nitrogens with zero attached hydrogens (tertiary/aromatic N) is 1. The molecule has 0 bridgehead atoms. The lowest BCUT2D eigenvalue weighted by Crippen LogP contribution is -2.45. The average Bonchev–Trinajstić information content (AvgIpc) is 3.48. The molecule has 1 aromatic heterocycles. The van der Waals surface area contributed by atoms with Crippen molar-refractivity contribution in [3.63, 3.8) is 0 Å². The van der Waals surface area contributed by atoms with Crippen LogP contribution in [0.2, 0.25) is 4.34 Å². The van der Waals surface area contributed by atoms with Crippen LogP contribution in [0.1, 0.15) is 59.7 Å². The number of nitrogens with one attached hydrogen (secondary N) is 1. The lowest BCUT2D eigenvalue weighted by atomic mass is 9.84. The van der Waals surface area contributed by atoms with Crippen molar-refractivity contribution in [2.75, 3.05) is 18.0 Å². The maximum atomic E-state index is 12.9. The Bertz CT molecular complexity index is 935. The lowest BCUT2D eigenvalue weighted by Gasteiger charge is -2.33. The van der Waals surface area contributed by atoms with Gasteiger partial charge in [-0.25, -0.2) is 0 Å². The summed E-state index contributed by atoms with van der Waals surface area (Å²) in [6.07, 6.45) is 7.51. The summed E-state index contributed by atoms with van der Waals surface area (Å²) in [5.74, 6) is 1.66. The van der Waals surface area contributed by atoms with E-state index in [4.69, 9.17) is 11.6 Å². The highest BCUT2D eigenvalue weighted by Crippen LogP contribution is 2.50. The number of hydrogen-bond acceptors (Lipinski definition) is 3. The summed E-state index contributed by atoms with van der Waals surface area (Å²) in [5.41, 5.74) is 2.40. The van der Waals surface area contributed by atoms with E-state index in [0.717, 1.165) is 12.1 Å². The standard InChI is InChI=1S/C24H27ClN2O2S/c25-22-11-10-21(30-22)23(28)26-13-17-14-27(24(29)20-12-19(17)20)18-8-6-16(7-9-18)15-4-2-1-3-5-15/h6-11,15,17,19-20H,1-5,12-14H2,(H,26,28)/t17?,19-,20?/m0/s1. The maximum Gasteiger partial charge on any atom is 0.261 e. The van der Waals surface area contributed by atoms with Gasteiger partial charge in [0, 0.05) is 24.7 Å². The minimum absolute atomic E-state index is 0.0793. The molecule has 2 heterocycles. The van der Waals surface area contributed by atoms with E-state index in [-0.39, 0.29) is 17.7 Å². The van der Waals surface area contributed by atoms with Crippen molar-refractivity contribution in [1.82, 2.24) is 5.32 Å². The molecule has 3 aliphatic rings. The number of carbonyl (C=O) groups is 2. The molecular weight excluding hydrogens is 416 g/mol. The number of amides is 2. The number of halogens is 1. The van der Waals surface area contributed by atoms with Gasteiger partial charge in [0.1, 0.15) is 0 Å². The van der Waals surface area contributed by atoms with Gasteiger partial charge < -0.3 is 10.2 Å². The van der Waals surface area contributed by atoms with E-state index in [0.29, 0.717) is 40.1 Å². The van der Waals surface area contributed by atoms with Gasteiger partial charge in [-0.2, -0.15) is 0 Å². The van der Waals surface area contributed by atoms with Gasteiger partial charge in [-0.1, -0.05) is 43.0 Å². The largest absolute Gasteiger partial charge is 0.351 e. The fourth-order valence-corrected chi connectivity index (χ4v) is 6.20. The van der Waals surface area contributed by atoms with E-state index in [2.05, 4.69) is 29.6 Å². The zero-order chi connectivity index (χ0) is 20.7. The van der Waals surface area contributed by atoms with E-state index >= 15 is 0 Å². The monoisotopic (exact) mass is 442 g/mol. The van der Waals surface area contributed by atoms with Crippen LogP contribution in [-0.2, 0) is 4.79 Å². The minimum Gasteiger partial charge on any atom is -0.351 e. The number of hydrogen-bond donors (Lipinski definition) is 1. The summed E-state index contributed by atoms with van der Waals surface area (Å²) in [6.45, 7) is 1.27. The zero-order valence-corrected chi connectivity index (χ0v) is 18.6. The molecule has 3 fully saturated rings. The van der Waals surface area contributed by atoms with E-state index in [1.807, 2.05) is 4.90 Å². The molecule has 1 saturated heterocycles. The number of anilines is 1. The van der Waals surface area contributed by atoms with Gasteiger partial charge >= 0.3 is 0 Å². The predicted octanol–water partition coefficient (Wildman–Crippen LogP) is 5.48. The molecule has 2 aromatic rings. The van der Waals surface area contributed by atoms with Crippen LogP contribution in [0, 0.1) is 17.8 Å². The Balaban J connectivity index is 1.24. The highest BCUT2D eigenvalue weighted by Gasteiger charge is 2.53. The summed E-state index contributed by atoms with van der Waals surface area (Å²) in [7, 11) is 0. The van der Waals surface area contributed by atoms with E-state index < -0.39 is 0 Å². The number of rotatable bonds is 5. The summed E-state index contributed by atoms with van der Waals surface area (Å²) in [5, 5.41) is 3.05. The molecule has 3 atom stereocenters. The summed E-state index contributed by atoms with van der Waals surface area (Å²) < 4.78 is 0.619. The van der Waals surface area contributed by atoms with Crippen molar-refractivity contribution >= 4 is 40.4 Å². The van der Waals surface area contributed by atoms with E-state index in [1.54, 1.807) is 12.1 Å². The lowest BCUT2D eigenvalue weighted by molar-refractivity contribution is -0.121. The van der Waals surface area contributed by atoms with Gasteiger partial charge in [0.15, 0.2) is 0 Å². The Labute approximate surface area is 186 Å². The molecule has 6 heteroatoms. The molecule has 158 valence electrons. The fourth-order valence-electron chi connectivity index (χ4n) is 5.24. The first-order chi connectivity index (χ1) is 14.6. The third kappa shape index (κ3) is 4.02. The number of carbonyl (C=O) groups excluding carboxylic acids is 2. The van der Waals surface area contributed by atoms with E-state index in [1.165, 1.54) is 49.0 Å². The first-order valence-electron chi connectivity index (χ1n) is 11.0. The second kappa shape index (κ2) is 8.35. The van der Waals surface area contributed by atoms with Gasteiger partial charge in [0.25, 0.3) is 5.91 Å². The Morgan fingerprint density at radius 2 is 1.87 bits per heavy atom. The molecule has 4 nitrogen and oxygen atoms in total. The molecule has 1 aliphatic heterocycles. The van der Waals surface area contributed by atoms with Crippen molar-refractivity contribution in [2.45, 2.75) is 44.4 Å². The molecule has 0 radical (unpaired) electrons. The fraction of sp³-hybridized carbons (Fsp3) is 0.500. The van der Waals surface area contributed by atoms with Crippen molar-refractivity contribution in [2.24, 2.45) is 17.8 Å². The molecule has 0 spiro atoms. The highest BCUT2D eigenvalue weighted by molar-refractivity contribution is 7.18. The van der Waals surface area contributed by atoms with Crippen LogP contribution in [0.3, 0.4) is 0 Å². The molecule has 1 N–H and O–H groups in total. The molecule has 2 aliphatic carbocycles. The van der Waals surface area contributed by atoms with Crippen molar-refractivity contribution in [3.8, 4) is 0 Å². The van der Waals surface area contributed by atoms with Crippen LogP contribution in [0.25, 0.3) is 0 Å². The SMILES string of the molecule is O=C(NCC1CN(c2ccc(C3CCCCC3)cc2)C(=O)C2C[C@@H]12)c1ccc(Cl)s1. The zero-order valence-electron chi connectivity index (χ0n) is 17.0. The van der Waals surface area contributed by atoms with E-state index in [9.17, 15) is 9.59 Å². The molecule has 2 unspecified atom stereocenters. The maximum absolute atomic E-state index is 12.9. The Morgan fingerprint density at radius 1 is 1.10 bits per heavy atom. The minimum atomic E-state index is -0.0793. The molecular formula is C24H27ClN2O2S. The highest BCUT2D eigenvalue weighted by atomic mass is 35.5. The second-order valence-corrected chi connectivity index (χ2v) is 10.7. The third-order valence-corrected chi connectivity index (χ3v) is 8.28. The average molecular weight is 443 g/mol. The van der Waals surface area contributed by atoms with Gasteiger partial charge in [0.05, 0.1) is 9.21 Å². The van der Waals surface area contributed by atoms with Gasteiger partial charge in [0.2, 0.25) is 5.91 Å². The molecule has 2 saturated carbocycles. The van der Waals surface area contributed by atoms with Gasteiger partial charge in [-0.3, -0.25) is 9.59 Å². The van der Waals surface area contributed by atoms with Crippen molar-refractivity contribution < 1.29 is 9.59 Å². The van der Waals surface area contributed by atoms with Crippen LogP contribution in [0.15, 0.2) is 36.4 Å². The number of thiophene rings is 1. The number of piperidine rings is 1. The van der Waals surface area contributed by atoms with Crippen LogP contribution in [-0.4, -0.2) is 24.9 Å². The Hall–Kier alpha value is -1.85. The summed E-state index contributed by atoms with van der Waals surface area (Å²) in [4.78, 5) is 27.8. The van der Waals surface area contributed by atoms with Gasteiger partial charge in [-0.05, 0) is 66.8 Å². The molecule has 1 aromatic carbocycles. The number of benzene rings is 1. The first-order valence-corrected chi connectivity index (χ1v) is 12.2. The third-order valence-electron chi connectivity index (χ3n) is 7.05. The first kappa shape index (κ1) is 20.1. The smallest absolute Gasteiger partial charge is 0.261 e. The molecule has 5 rings (SSSR count). The van der Waals surface area contributed by atoms with Crippen LogP contribution in [0.4, 0.5) is 5.69 Å². The second-order valence-electron chi connectivity index (χ2n) is 8.96. The van der Waals surface area contributed by atoms with Crippen LogP contribution < -0.4 is 10.2 Å². The summed E-state index contributed by atoms with van der Waals surface area (Å²) >= 11 is 7.23. The van der Waals surface area contributed by atoms with Gasteiger partial charge in [-0.15, -0.1) is 11.3 Å². The normalized spacial score (nSPS) is 26.4. The Kier molecular flexibility index (Phi) is 5.59. The quantitative estimate of drug-likeness (QED) is 0.666. The number of fused-ring (bicyclic) bond motifs is 1. The topological polar surface area (TPSA) is 49.4 Å². The van der Waals surface area contributed by atoms with Crippen LogP contribution in [0.5, 0.6) is 0 Å². The summed E-state index contributed by atoms with van der Waals surface area (Å²) in [6, 6.07) is 12.2. The Morgan fingerprint density at radius 3 is 2.57 bits per heavy atom. The van der Waals surface area contributed by atoms with Crippen molar-refractivity contribution in [3.05, 3.63) is 51.2 Å². The molecule has 30 heavy (non-hydrogen) atoms. The van der Waals surface area contributed by atoms with Crippen molar-refractivity contribution in [1.29, 1.82) is 0 Å². The van der Waals surface area contributed by atoms with Crippen LogP contribution >= 0.6 is 22.9 Å². The predicted molar refractivity (Wildman–Crippen MR) is 121 cm³/mol. The molecule has 2 amide bonds.